The maximum absolute atomic E-state index is 5.10. The van der Waals surface area contributed by atoms with Gasteiger partial charge in [-0.15, -0.1) is 0 Å². The van der Waals surface area contributed by atoms with E-state index in [0.717, 1.165) is 24.6 Å². The number of hydrogen-bond donors (Lipinski definition) is 2. The van der Waals surface area contributed by atoms with Crippen LogP contribution in [0, 0.1) is 18.8 Å². The summed E-state index contributed by atoms with van der Waals surface area (Å²) in [5, 5.41) is 6.41. The van der Waals surface area contributed by atoms with E-state index >= 15 is 0 Å². The van der Waals surface area contributed by atoms with Crippen LogP contribution in [0.4, 0.5) is 11.8 Å². The van der Waals surface area contributed by atoms with Crippen LogP contribution in [0.5, 0.6) is 0 Å². The number of thiocarbonyl (C=S) groups is 1. The number of hydrogen-bond acceptors (Lipinski definition) is 4. The summed E-state index contributed by atoms with van der Waals surface area (Å²) < 4.78 is 0. The van der Waals surface area contributed by atoms with Gasteiger partial charge in [0, 0.05) is 31.9 Å². The number of nitrogens with zero attached hydrogens (tertiary/aromatic N) is 3. The summed E-state index contributed by atoms with van der Waals surface area (Å²) in [4.78, 5) is 11.3. The van der Waals surface area contributed by atoms with E-state index in [1.54, 1.807) is 7.05 Å². The quantitative estimate of drug-likeness (QED) is 0.815. The Labute approximate surface area is 126 Å². The summed E-state index contributed by atoms with van der Waals surface area (Å²) in [6, 6.07) is 2.04. The van der Waals surface area contributed by atoms with Gasteiger partial charge in [-0.1, -0.05) is 13.8 Å². The highest BCUT2D eigenvalue weighted by molar-refractivity contribution is 7.80. The normalized spacial score (nSPS) is 22.5. The van der Waals surface area contributed by atoms with E-state index in [2.05, 4.69) is 39.3 Å². The maximum Gasteiger partial charge on any atom is 0.231 e. The van der Waals surface area contributed by atoms with Crippen LogP contribution in [0.2, 0.25) is 0 Å². The zero-order valence-electron chi connectivity index (χ0n) is 12.6. The molecule has 0 saturated carbocycles. The second kappa shape index (κ2) is 6.35. The molecule has 0 unspecified atom stereocenters. The molecule has 2 heterocycles. The van der Waals surface area contributed by atoms with Crippen molar-refractivity contribution in [3.8, 4) is 0 Å². The van der Waals surface area contributed by atoms with Gasteiger partial charge in [-0.2, -0.15) is 4.98 Å². The molecular formula is C14H23N5S. The van der Waals surface area contributed by atoms with Crippen molar-refractivity contribution in [2.24, 2.45) is 11.8 Å². The Morgan fingerprint density at radius 3 is 2.55 bits per heavy atom. The third kappa shape index (κ3) is 3.79. The fraction of sp³-hybridized carbons (Fsp3) is 0.643. The van der Waals surface area contributed by atoms with Crippen LogP contribution in [0.3, 0.4) is 0 Å². The Kier molecular flexibility index (Phi) is 4.75. The molecule has 0 aromatic carbocycles. The van der Waals surface area contributed by atoms with Crippen LogP contribution in [0.15, 0.2) is 6.07 Å². The Bertz CT molecular complexity index is 480. The van der Waals surface area contributed by atoms with Gasteiger partial charge in [-0.05, 0) is 37.4 Å². The number of anilines is 2. The summed E-state index contributed by atoms with van der Waals surface area (Å²) in [7, 11) is 1.78. The van der Waals surface area contributed by atoms with E-state index in [0.29, 0.717) is 22.9 Å². The third-order valence-corrected chi connectivity index (χ3v) is 3.79. The lowest BCUT2D eigenvalue weighted by Crippen LogP contribution is -2.39. The van der Waals surface area contributed by atoms with Crippen LogP contribution in [-0.2, 0) is 0 Å². The molecule has 1 aliphatic heterocycles. The van der Waals surface area contributed by atoms with Gasteiger partial charge in [0.15, 0.2) is 5.11 Å². The molecule has 0 aliphatic carbocycles. The molecule has 1 aliphatic rings. The Balaban J connectivity index is 2.20. The minimum atomic E-state index is 0.530. The van der Waals surface area contributed by atoms with Crippen molar-refractivity contribution >= 4 is 29.1 Å². The first kappa shape index (κ1) is 15.0. The van der Waals surface area contributed by atoms with Gasteiger partial charge in [-0.3, -0.25) is 0 Å². The second-order valence-corrected chi connectivity index (χ2v) is 6.15. The SMILES string of the molecule is CNC(=S)Nc1nc(C)cc(N2C[C@@H](C)C[C@H](C)C2)n1. The monoisotopic (exact) mass is 293 g/mol. The summed E-state index contributed by atoms with van der Waals surface area (Å²) in [5.74, 6) is 2.94. The molecule has 2 N–H and O–H groups in total. The zero-order valence-corrected chi connectivity index (χ0v) is 13.4. The van der Waals surface area contributed by atoms with Crippen molar-refractivity contribution in [3.05, 3.63) is 11.8 Å². The first-order chi connectivity index (χ1) is 9.47. The van der Waals surface area contributed by atoms with Crippen molar-refractivity contribution in [2.45, 2.75) is 27.2 Å². The Morgan fingerprint density at radius 1 is 1.30 bits per heavy atom. The molecule has 2 rings (SSSR count). The predicted molar refractivity (Wildman–Crippen MR) is 87.2 cm³/mol. The first-order valence-electron chi connectivity index (χ1n) is 7.07. The molecule has 0 amide bonds. The molecule has 110 valence electrons. The van der Waals surface area contributed by atoms with Crippen LogP contribution in [-0.4, -0.2) is 35.2 Å². The van der Waals surface area contributed by atoms with Gasteiger partial charge in [0.05, 0.1) is 0 Å². The van der Waals surface area contributed by atoms with E-state index in [1.807, 2.05) is 13.0 Å². The lowest BCUT2D eigenvalue weighted by atomic mass is 9.92. The molecule has 1 aromatic rings. The Hall–Kier alpha value is -1.43. The Morgan fingerprint density at radius 2 is 1.95 bits per heavy atom. The van der Waals surface area contributed by atoms with E-state index in [4.69, 9.17) is 12.2 Å². The number of aryl methyl sites for hydroxylation is 1. The largest absolute Gasteiger partial charge is 0.365 e. The molecule has 2 atom stereocenters. The minimum absolute atomic E-state index is 0.530. The summed E-state index contributed by atoms with van der Waals surface area (Å²) >= 11 is 5.10. The molecule has 1 saturated heterocycles. The molecular weight excluding hydrogens is 270 g/mol. The molecule has 5 nitrogen and oxygen atoms in total. The van der Waals surface area contributed by atoms with Gasteiger partial charge in [0.2, 0.25) is 5.95 Å². The summed E-state index contributed by atoms with van der Waals surface area (Å²) in [6.07, 6.45) is 1.29. The number of rotatable bonds is 2. The topological polar surface area (TPSA) is 53.1 Å². The number of aromatic nitrogens is 2. The van der Waals surface area contributed by atoms with Crippen LogP contribution < -0.4 is 15.5 Å². The highest BCUT2D eigenvalue weighted by atomic mass is 32.1. The van der Waals surface area contributed by atoms with Gasteiger partial charge in [0.25, 0.3) is 0 Å². The van der Waals surface area contributed by atoms with Crippen molar-refractivity contribution < 1.29 is 0 Å². The van der Waals surface area contributed by atoms with Crippen molar-refractivity contribution in [1.82, 2.24) is 15.3 Å². The van der Waals surface area contributed by atoms with Crippen molar-refractivity contribution in [3.63, 3.8) is 0 Å². The summed E-state index contributed by atoms with van der Waals surface area (Å²) in [5.41, 5.74) is 0.947. The van der Waals surface area contributed by atoms with Crippen molar-refractivity contribution in [1.29, 1.82) is 0 Å². The third-order valence-electron chi connectivity index (χ3n) is 3.49. The van der Waals surface area contributed by atoms with Crippen LogP contribution in [0.1, 0.15) is 26.0 Å². The zero-order chi connectivity index (χ0) is 14.7. The lowest BCUT2D eigenvalue weighted by molar-refractivity contribution is 0.355. The van der Waals surface area contributed by atoms with E-state index < -0.39 is 0 Å². The van der Waals surface area contributed by atoms with E-state index in [9.17, 15) is 0 Å². The molecule has 0 radical (unpaired) electrons. The maximum atomic E-state index is 5.10. The molecule has 6 heteroatoms. The lowest BCUT2D eigenvalue weighted by Gasteiger charge is -2.36. The number of nitrogens with one attached hydrogen (secondary N) is 2. The highest BCUT2D eigenvalue weighted by Crippen LogP contribution is 2.25. The average Bonchev–Trinajstić information content (AvgIpc) is 2.36. The molecule has 20 heavy (non-hydrogen) atoms. The first-order valence-corrected chi connectivity index (χ1v) is 7.48. The minimum Gasteiger partial charge on any atom is -0.365 e. The van der Waals surface area contributed by atoms with Crippen LogP contribution >= 0.6 is 12.2 Å². The standard InChI is InChI=1S/C14H23N5S/c1-9-5-10(2)8-19(7-9)12-6-11(3)16-13(17-12)18-14(20)15-4/h6,9-10H,5,7-8H2,1-4H3,(H2,15,16,17,18,20)/t9-,10-/m0/s1. The molecule has 1 aromatic heterocycles. The van der Waals surface area contributed by atoms with Gasteiger partial charge < -0.3 is 15.5 Å². The van der Waals surface area contributed by atoms with E-state index in [-0.39, 0.29) is 0 Å². The van der Waals surface area contributed by atoms with Crippen LogP contribution in [0.25, 0.3) is 0 Å². The van der Waals surface area contributed by atoms with Gasteiger partial charge in [0.1, 0.15) is 5.82 Å². The molecule has 0 spiro atoms. The number of piperidine rings is 1. The summed E-state index contributed by atoms with van der Waals surface area (Å²) in [6.45, 7) is 8.68. The van der Waals surface area contributed by atoms with Gasteiger partial charge in [-0.25, -0.2) is 4.98 Å². The fourth-order valence-electron chi connectivity index (χ4n) is 2.78. The smallest absolute Gasteiger partial charge is 0.231 e. The molecule has 0 bridgehead atoms. The van der Waals surface area contributed by atoms with Crippen molar-refractivity contribution in [2.75, 3.05) is 30.4 Å². The highest BCUT2D eigenvalue weighted by Gasteiger charge is 2.23. The second-order valence-electron chi connectivity index (χ2n) is 5.75. The predicted octanol–water partition coefficient (Wildman–Crippen LogP) is 2.18. The molecule has 1 fully saturated rings. The fourth-order valence-corrected chi connectivity index (χ4v) is 2.88. The van der Waals surface area contributed by atoms with E-state index in [1.165, 1.54) is 6.42 Å². The average molecular weight is 293 g/mol. The van der Waals surface area contributed by atoms with Gasteiger partial charge >= 0.3 is 0 Å².